The van der Waals surface area contributed by atoms with Crippen molar-refractivity contribution >= 4 is 28.2 Å². The van der Waals surface area contributed by atoms with Gasteiger partial charge in [0.2, 0.25) is 11.0 Å². The van der Waals surface area contributed by atoms with E-state index in [-0.39, 0.29) is 5.91 Å². The van der Waals surface area contributed by atoms with Crippen molar-refractivity contribution in [2.24, 2.45) is 0 Å². The van der Waals surface area contributed by atoms with Crippen molar-refractivity contribution in [3.05, 3.63) is 28.9 Å². The minimum absolute atomic E-state index is 0.208. The second kappa shape index (κ2) is 8.55. The number of piperidine rings is 1. The molecule has 0 radical (unpaired) electrons. The third-order valence-corrected chi connectivity index (χ3v) is 5.48. The summed E-state index contributed by atoms with van der Waals surface area (Å²) in [5.74, 6) is 1.40. The van der Waals surface area contributed by atoms with Crippen molar-refractivity contribution < 1.29 is 4.79 Å². The van der Waals surface area contributed by atoms with E-state index < -0.39 is 0 Å². The molecule has 1 fully saturated rings. The third kappa shape index (κ3) is 4.76. The SMILES string of the molecule is CCc1nnc(Nc2cccc(C3CCN(C(=O)CN(C)C)CC3)n2)s1. The molecule has 140 valence electrons. The summed E-state index contributed by atoms with van der Waals surface area (Å²) in [5, 5.41) is 13.3. The Labute approximate surface area is 158 Å². The van der Waals surface area contributed by atoms with Crippen LogP contribution in [0.25, 0.3) is 0 Å². The molecule has 1 amide bonds. The van der Waals surface area contributed by atoms with Crippen LogP contribution in [0.1, 0.15) is 36.4 Å². The molecule has 0 bridgehead atoms. The number of pyridine rings is 1. The molecule has 2 aromatic heterocycles. The summed E-state index contributed by atoms with van der Waals surface area (Å²) in [6, 6.07) is 6.05. The summed E-state index contributed by atoms with van der Waals surface area (Å²) in [4.78, 5) is 20.8. The topological polar surface area (TPSA) is 74.2 Å². The summed E-state index contributed by atoms with van der Waals surface area (Å²) in [5.41, 5.74) is 1.08. The van der Waals surface area contributed by atoms with E-state index in [4.69, 9.17) is 4.98 Å². The molecule has 1 aliphatic rings. The Morgan fingerprint density at radius 3 is 2.73 bits per heavy atom. The molecule has 0 aliphatic carbocycles. The number of carbonyl (C=O) groups excluding carboxylic acids is 1. The van der Waals surface area contributed by atoms with Gasteiger partial charge in [-0.05, 0) is 45.5 Å². The number of aromatic nitrogens is 3. The van der Waals surface area contributed by atoms with E-state index in [1.807, 2.05) is 36.0 Å². The highest BCUT2D eigenvalue weighted by molar-refractivity contribution is 7.15. The Kier molecular flexibility index (Phi) is 6.16. The van der Waals surface area contributed by atoms with E-state index in [0.717, 1.165) is 54.0 Å². The van der Waals surface area contributed by atoms with Crippen molar-refractivity contribution in [1.82, 2.24) is 25.0 Å². The molecular formula is C18H26N6OS. The van der Waals surface area contributed by atoms with Crippen molar-refractivity contribution in [3.63, 3.8) is 0 Å². The first-order chi connectivity index (χ1) is 12.5. The minimum Gasteiger partial charge on any atom is -0.342 e. The van der Waals surface area contributed by atoms with Crippen LogP contribution < -0.4 is 5.32 Å². The molecule has 8 heteroatoms. The molecule has 26 heavy (non-hydrogen) atoms. The predicted octanol–water partition coefficient (Wildman–Crippen LogP) is 2.51. The monoisotopic (exact) mass is 374 g/mol. The second-order valence-electron chi connectivity index (χ2n) is 6.82. The highest BCUT2D eigenvalue weighted by atomic mass is 32.1. The highest BCUT2D eigenvalue weighted by Crippen LogP contribution is 2.28. The number of nitrogens with zero attached hydrogens (tertiary/aromatic N) is 5. The van der Waals surface area contributed by atoms with Crippen molar-refractivity contribution in [1.29, 1.82) is 0 Å². The summed E-state index contributed by atoms with van der Waals surface area (Å²) in [7, 11) is 3.85. The largest absolute Gasteiger partial charge is 0.342 e. The van der Waals surface area contributed by atoms with Crippen LogP contribution in [-0.2, 0) is 11.2 Å². The first-order valence-corrected chi connectivity index (χ1v) is 9.85. The standard InChI is InChI=1S/C18H26N6OS/c1-4-16-21-22-18(26-16)20-15-7-5-6-14(19-15)13-8-10-24(11-9-13)17(25)12-23(2)3/h5-7,13H,4,8-12H2,1-3H3,(H,19,20,22). The van der Waals surface area contributed by atoms with Crippen LogP contribution >= 0.6 is 11.3 Å². The maximum atomic E-state index is 12.2. The fourth-order valence-corrected chi connectivity index (χ4v) is 3.79. The van der Waals surface area contributed by atoms with Crippen LogP contribution in [0.4, 0.5) is 10.9 Å². The number of carbonyl (C=O) groups is 1. The van der Waals surface area contributed by atoms with Gasteiger partial charge in [0.25, 0.3) is 0 Å². The quantitative estimate of drug-likeness (QED) is 0.837. The van der Waals surface area contributed by atoms with E-state index >= 15 is 0 Å². The Morgan fingerprint density at radius 1 is 1.31 bits per heavy atom. The maximum absolute atomic E-state index is 12.2. The number of anilines is 2. The summed E-state index contributed by atoms with van der Waals surface area (Å²) >= 11 is 1.56. The maximum Gasteiger partial charge on any atom is 0.236 e. The molecule has 1 N–H and O–H groups in total. The van der Waals surface area contributed by atoms with Crippen LogP contribution in [0, 0.1) is 0 Å². The molecule has 2 aromatic rings. The van der Waals surface area contributed by atoms with Crippen LogP contribution in [0.3, 0.4) is 0 Å². The van der Waals surface area contributed by atoms with Crippen LogP contribution in [0.2, 0.25) is 0 Å². The van der Waals surface area contributed by atoms with Gasteiger partial charge in [-0.2, -0.15) is 0 Å². The fourth-order valence-electron chi connectivity index (χ4n) is 3.10. The van der Waals surface area contributed by atoms with Crippen LogP contribution in [-0.4, -0.2) is 64.6 Å². The predicted molar refractivity (Wildman–Crippen MR) is 104 cm³/mol. The van der Waals surface area contributed by atoms with Gasteiger partial charge in [-0.25, -0.2) is 4.98 Å². The lowest BCUT2D eigenvalue weighted by Crippen LogP contribution is -2.42. The molecule has 0 aromatic carbocycles. The molecule has 1 aliphatic heterocycles. The number of rotatable bonds is 6. The second-order valence-corrected chi connectivity index (χ2v) is 7.88. The average Bonchev–Trinajstić information content (AvgIpc) is 3.09. The van der Waals surface area contributed by atoms with Gasteiger partial charge >= 0.3 is 0 Å². The van der Waals surface area contributed by atoms with Crippen LogP contribution in [0.5, 0.6) is 0 Å². The van der Waals surface area contributed by atoms with Gasteiger partial charge in [0.15, 0.2) is 0 Å². The summed E-state index contributed by atoms with van der Waals surface area (Å²) in [6.07, 6.45) is 2.79. The fraction of sp³-hybridized carbons (Fsp3) is 0.556. The van der Waals surface area contributed by atoms with Crippen molar-refractivity contribution in [2.45, 2.75) is 32.1 Å². The lowest BCUT2D eigenvalue weighted by Gasteiger charge is -2.32. The normalized spacial score (nSPS) is 15.5. The number of nitrogens with one attached hydrogen (secondary N) is 1. The van der Waals surface area contributed by atoms with Gasteiger partial charge in [-0.3, -0.25) is 4.79 Å². The van der Waals surface area contributed by atoms with E-state index in [1.165, 1.54) is 0 Å². The molecule has 1 saturated heterocycles. The molecule has 0 unspecified atom stereocenters. The van der Waals surface area contributed by atoms with Crippen molar-refractivity contribution in [2.75, 3.05) is 39.0 Å². The number of hydrogen-bond acceptors (Lipinski definition) is 7. The lowest BCUT2D eigenvalue weighted by atomic mass is 9.93. The molecule has 0 spiro atoms. The Balaban J connectivity index is 1.59. The molecule has 0 atom stereocenters. The van der Waals surface area contributed by atoms with Gasteiger partial charge in [0, 0.05) is 24.7 Å². The Morgan fingerprint density at radius 2 is 2.08 bits per heavy atom. The minimum atomic E-state index is 0.208. The lowest BCUT2D eigenvalue weighted by molar-refractivity contribution is -0.132. The van der Waals surface area contributed by atoms with E-state index in [2.05, 4.69) is 28.5 Å². The zero-order valence-electron chi connectivity index (χ0n) is 15.6. The summed E-state index contributed by atoms with van der Waals surface area (Å²) in [6.45, 7) is 4.14. The molecule has 0 saturated carbocycles. The van der Waals surface area contributed by atoms with Gasteiger partial charge in [-0.15, -0.1) is 10.2 Å². The molecule has 3 heterocycles. The van der Waals surface area contributed by atoms with E-state index in [0.29, 0.717) is 12.5 Å². The van der Waals surface area contributed by atoms with Gasteiger partial charge < -0.3 is 15.1 Å². The average molecular weight is 375 g/mol. The molecular weight excluding hydrogens is 348 g/mol. The zero-order chi connectivity index (χ0) is 18.5. The number of likely N-dealkylation sites (tertiary alicyclic amines) is 1. The molecule has 7 nitrogen and oxygen atoms in total. The van der Waals surface area contributed by atoms with Gasteiger partial charge in [0.05, 0.1) is 6.54 Å². The first-order valence-electron chi connectivity index (χ1n) is 9.04. The first kappa shape index (κ1) is 18.7. The zero-order valence-corrected chi connectivity index (χ0v) is 16.4. The Hall–Kier alpha value is -2.06. The van der Waals surface area contributed by atoms with Gasteiger partial charge in [-0.1, -0.05) is 24.3 Å². The number of aryl methyl sites for hydroxylation is 1. The van der Waals surface area contributed by atoms with Gasteiger partial charge in [0.1, 0.15) is 10.8 Å². The van der Waals surface area contributed by atoms with Crippen molar-refractivity contribution in [3.8, 4) is 0 Å². The molecule has 3 rings (SSSR count). The number of hydrogen-bond donors (Lipinski definition) is 1. The van der Waals surface area contributed by atoms with Crippen LogP contribution in [0.15, 0.2) is 18.2 Å². The highest BCUT2D eigenvalue weighted by Gasteiger charge is 2.24. The summed E-state index contributed by atoms with van der Waals surface area (Å²) < 4.78 is 0. The smallest absolute Gasteiger partial charge is 0.236 e. The third-order valence-electron chi connectivity index (χ3n) is 4.49. The van der Waals surface area contributed by atoms with E-state index in [9.17, 15) is 4.79 Å². The Bertz CT molecular complexity index is 739. The number of amides is 1. The van der Waals surface area contributed by atoms with E-state index in [1.54, 1.807) is 11.3 Å². The number of likely N-dealkylation sites (N-methyl/N-ethyl adjacent to an activating group) is 1.